The highest BCUT2D eigenvalue weighted by molar-refractivity contribution is 6.32. The predicted molar refractivity (Wildman–Crippen MR) is 164 cm³/mol. The fraction of sp³-hybridized carbons (Fsp3) is 0.0667. The van der Waals surface area contributed by atoms with Gasteiger partial charge in [-0.3, -0.25) is 4.79 Å². The first-order valence-electron chi connectivity index (χ1n) is 12.5. The van der Waals surface area contributed by atoms with Gasteiger partial charge < -0.3 is 0 Å². The zero-order valence-electron chi connectivity index (χ0n) is 22.3. The molecule has 0 bridgehead atoms. The van der Waals surface area contributed by atoms with Gasteiger partial charge in [-0.15, -0.1) is 5.10 Å². The van der Waals surface area contributed by atoms with Crippen molar-refractivity contribution in [2.45, 2.75) is 13.8 Å². The Morgan fingerprint density at radius 2 is 1.02 bits per heavy atom. The summed E-state index contributed by atoms with van der Waals surface area (Å²) in [6.45, 7) is 3.70. The molecule has 0 fully saturated rings. The molecular formula is C30H21Cl3N8O. The molecule has 0 aliphatic carbocycles. The van der Waals surface area contributed by atoms with Crippen LogP contribution in [0.1, 0.15) is 11.4 Å². The van der Waals surface area contributed by atoms with E-state index < -0.39 is 0 Å². The van der Waals surface area contributed by atoms with Crippen LogP contribution in [-0.2, 0) is 0 Å². The van der Waals surface area contributed by atoms with Crippen molar-refractivity contribution in [3.05, 3.63) is 122 Å². The Morgan fingerprint density at radius 1 is 0.571 bits per heavy atom. The summed E-state index contributed by atoms with van der Waals surface area (Å²) in [5.41, 5.74) is 5.56. The van der Waals surface area contributed by atoms with Crippen molar-refractivity contribution in [1.82, 2.24) is 40.3 Å². The minimum absolute atomic E-state index is 0.275. The lowest BCUT2D eigenvalue weighted by Crippen LogP contribution is -2.15. The van der Waals surface area contributed by atoms with Crippen LogP contribution < -0.4 is 5.56 Å². The molecule has 0 saturated carbocycles. The minimum atomic E-state index is -0.322. The molecule has 6 aromatic rings. The minimum Gasteiger partial charge on any atom is -0.267 e. The van der Waals surface area contributed by atoms with Crippen molar-refractivity contribution < 1.29 is 0 Å². The fourth-order valence-corrected chi connectivity index (χ4v) is 4.73. The van der Waals surface area contributed by atoms with Crippen LogP contribution in [0.15, 0.2) is 90.2 Å². The number of aryl methyl sites for hydroxylation is 2. The summed E-state index contributed by atoms with van der Waals surface area (Å²) in [4.78, 5) is 29.1. The number of aromatic amines is 1. The van der Waals surface area contributed by atoms with E-state index >= 15 is 0 Å². The van der Waals surface area contributed by atoms with E-state index in [9.17, 15) is 4.79 Å². The predicted octanol–water partition coefficient (Wildman–Crippen LogP) is 7.07. The fourth-order valence-electron chi connectivity index (χ4n) is 4.26. The van der Waals surface area contributed by atoms with Crippen molar-refractivity contribution in [1.29, 1.82) is 0 Å². The summed E-state index contributed by atoms with van der Waals surface area (Å²) < 4.78 is 0. The molecule has 4 aromatic heterocycles. The lowest BCUT2D eigenvalue weighted by molar-refractivity contribution is 0.946. The van der Waals surface area contributed by atoms with Crippen LogP contribution >= 0.6 is 34.8 Å². The zero-order chi connectivity index (χ0) is 29.6. The second kappa shape index (κ2) is 12.9. The van der Waals surface area contributed by atoms with E-state index in [2.05, 4.69) is 40.3 Å². The Bertz CT molecular complexity index is 1880. The van der Waals surface area contributed by atoms with Gasteiger partial charge in [-0.05, 0) is 61.4 Å². The second-order valence-electron chi connectivity index (χ2n) is 8.87. The lowest BCUT2D eigenvalue weighted by atomic mass is 9.99. The zero-order valence-corrected chi connectivity index (χ0v) is 24.5. The van der Waals surface area contributed by atoms with Crippen LogP contribution in [0, 0.1) is 13.8 Å². The van der Waals surface area contributed by atoms with Gasteiger partial charge in [-0.2, -0.15) is 10.2 Å². The standard InChI is InChI=1S/C15H10Cl2N4.C15H11ClN4O/c1-9-12(10-3-5-11(16)6-4-10)13(14(17)21-20-9)15-18-7-2-8-19-15;1-9-12(10-3-5-11(16)6-4-10)13(15(21)20-19-9)14-17-7-2-8-18-14/h2-8H,1H3;2-8H,1H3,(H,20,21). The Hall–Kier alpha value is -4.57. The first kappa shape index (κ1) is 28.9. The highest BCUT2D eigenvalue weighted by Gasteiger charge is 2.19. The molecule has 0 unspecified atom stereocenters. The van der Waals surface area contributed by atoms with Gasteiger partial charge in [0.25, 0.3) is 5.56 Å². The quantitative estimate of drug-likeness (QED) is 0.223. The van der Waals surface area contributed by atoms with Crippen LogP contribution in [0.4, 0.5) is 0 Å². The number of benzene rings is 2. The molecular weight excluding hydrogens is 595 g/mol. The molecule has 9 nitrogen and oxygen atoms in total. The molecule has 42 heavy (non-hydrogen) atoms. The van der Waals surface area contributed by atoms with Gasteiger partial charge in [0.1, 0.15) is 0 Å². The molecule has 0 saturated heterocycles. The first-order valence-corrected chi connectivity index (χ1v) is 13.7. The van der Waals surface area contributed by atoms with Gasteiger partial charge in [0.2, 0.25) is 0 Å². The number of aromatic nitrogens is 8. The number of nitrogens with one attached hydrogen (secondary N) is 1. The number of nitrogens with zero attached hydrogens (tertiary/aromatic N) is 7. The van der Waals surface area contributed by atoms with Crippen molar-refractivity contribution in [2.75, 3.05) is 0 Å². The number of H-pyrrole nitrogens is 1. The lowest BCUT2D eigenvalue weighted by Gasteiger charge is -2.12. The van der Waals surface area contributed by atoms with Gasteiger partial charge in [-0.25, -0.2) is 25.0 Å². The van der Waals surface area contributed by atoms with Crippen LogP contribution in [0.2, 0.25) is 15.2 Å². The maximum atomic E-state index is 12.2. The molecule has 0 radical (unpaired) electrons. The van der Waals surface area contributed by atoms with E-state index in [0.29, 0.717) is 44.1 Å². The van der Waals surface area contributed by atoms with Crippen LogP contribution in [0.25, 0.3) is 45.0 Å². The van der Waals surface area contributed by atoms with E-state index in [1.165, 1.54) is 0 Å². The Labute approximate surface area is 255 Å². The van der Waals surface area contributed by atoms with E-state index in [-0.39, 0.29) is 10.7 Å². The van der Waals surface area contributed by atoms with Crippen molar-refractivity contribution in [3.8, 4) is 45.0 Å². The molecule has 0 spiro atoms. The first-order chi connectivity index (χ1) is 20.3. The Kier molecular flexibility index (Phi) is 8.92. The van der Waals surface area contributed by atoms with Gasteiger partial charge in [0.15, 0.2) is 16.8 Å². The normalized spacial score (nSPS) is 10.6. The third-order valence-electron chi connectivity index (χ3n) is 6.11. The highest BCUT2D eigenvalue weighted by atomic mass is 35.5. The number of rotatable bonds is 4. The third-order valence-corrected chi connectivity index (χ3v) is 6.88. The smallest absolute Gasteiger partial charge is 0.267 e. The maximum Gasteiger partial charge on any atom is 0.275 e. The van der Waals surface area contributed by atoms with Gasteiger partial charge in [-0.1, -0.05) is 59.1 Å². The Morgan fingerprint density at radius 3 is 1.52 bits per heavy atom. The molecule has 0 amide bonds. The molecule has 0 aliphatic rings. The van der Waals surface area contributed by atoms with E-state index in [4.69, 9.17) is 34.8 Å². The maximum absolute atomic E-state index is 12.2. The summed E-state index contributed by atoms with van der Waals surface area (Å²) in [6.07, 6.45) is 6.53. The van der Waals surface area contributed by atoms with Gasteiger partial charge in [0.05, 0.1) is 22.5 Å². The molecule has 12 heteroatoms. The second-order valence-corrected chi connectivity index (χ2v) is 10.1. The van der Waals surface area contributed by atoms with E-state index in [1.54, 1.807) is 49.1 Å². The molecule has 6 rings (SSSR count). The summed E-state index contributed by atoms with van der Waals surface area (Å²) >= 11 is 18.1. The monoisotopic (exact) mass is 614 g/mol. The van der Waals surface area contributed by atoms with E-state index in [1.807, 2.05) is 50.2 Å². The topological polar surface area (TPSA) is 123 Å². The molecule has 208 valence electrons. The average Bonchev–Trinajstić information content (AvgIpc) is 3.01. The summed E-state index contributed by atoms with van der Waals surface area (Å²) in [6, 6.07) is 18.1. The molecule has 1 N–H and O–H groups in total. The summed E-state index contributed by atoms with van der Waals surface area (Å²) in [7, 11) is 0. The SMILES string of the molecule is Cc1n[nH]c(=O)c(-c2ncccn2)c1-c1ccc(Cl)cc1.Cc1nnc(Cl)c(-c2ncccn2)c1-c1ccc(Cl)cc1. The van der Waals surface area contributed by atoms with Gasteiger partial charge >= 0.3 is 0 Å². The summed E-state index contributed by atoms with van der Waals surface area (Å²) in [5.74, 6) is 0.889. The number of halogens is 3. The largest absolute Gasteiger partial charge is 0.275 e. The number of hydrogen-bond acceptors (Lipinski definition) is 8. The van der Waals surface area contributed by atoms with E-state index in [0.717, 1.165) is 22.4 Å². The molecule has 0 atom stereocenters. The van der Waals surface area contributed by atoms with Crippen molar-refractivity contribution in [3.63, 3.8) is 0 Å². The van der Waals surface area contributed by atoms with Crippen LogP contribution in [-0.4, -0.2) is 40.3 Å². The number of hydrogen-bond donors (Lipinski definition) is 1. The molecule has 0 aliphatic heterocycles. The third kappa shape index (κ3) is 6.33. The Balaban J connectivity index is 0.000000168. The average molecular weight is 616 g/mol. The van der Waals surface area contributed by atoms with Crippen molar-refractivity contribution >= 4 is 34.8 Å². The summed E-state index contributed by atoms with van der Waals surface area (Å²) in [5, 5.41) is 16.1. The highest BCUT2D eigenvalue weighted by Crippen LogP contribution is 2.36. The van der Waals surface area contributed by atoms with Crippen LogP contribution in [0.3, 0.4) is 0 Å². The van der Waals surface area contributed by atoms with Crippen molar-refractivity contribution in [2.24, 2.45) is 0 Å². The molecule has 2 aromatic carbocycles. The van der Waals surface area contributed by atoms with Gasteiger partial charge in [0, 0.05) is 46.0 Å². The molecule has 4 heterocycles. The van der Waals surface area contributed by atoms with Crippen LogP contribution in [0.5, 0.6) is 0 Å².